The van der Waals surface area contributed by atoms with Gasteiger partial charge in [0.15, 0.2) is 0 Å². The van der Waals surface area contributed by atoms with E-state index in [4.69, 9.17) is 5.73 Å². The van der Waals surface area contributed by atoms with Crippen LogP contribution in [0, 0.1) is 5.41 Å². The Labute approximate surface area is 99.6 Å². The Balaban J connectivity index is 2.14. The van der Waals surface area contributed by atoms with Crippen LogP contribution in [-0.4, -0.2) is 17.3 Å². The average molecular weight is 225 g/mol. The van der Waals surface area contributed by atoms with Crippen molar-refractivity contribution in [3.05, 3.63) is 0 Å². The molecule has 2 nitrogen and oxygen atoms in total. The van der Waals surface area contributed by atoms with Crippen molar-refractivity contribution in [1.29, 1.82) is 0 Å². The summed E-state index contributed by atoms with van der Waals surface area (Å²) >= 11 is 0. The van der Waals surface area contributed by atoms with Crippen molar-refractivity contribution in [3.63, 3.8) is 0 Å². The smallest absolute Gasteiger partial charge is 0.0715 e. The minimum atomic E-state index is -0.431. The van der Waals surface area contributed by atoms with Gasteiger partial charge in [0.05, 0.1) is 5.60 Å². The fraction of sp³-hybridized carbons (Fsp3) is 1.00. The third-order valence-corrected chi connectivity index (χ3v) is 5.12. The number of nitrogens with two attached hydrogens (primary N) is 1. The predicted molar refractivity (Wildman–Crippen MR) is 67.2 cm³/mol. The summed E-state index contributed by atoms with van der Waals surface area (Å²) < 4.78 is 0. The lowest BCUT2D eigenvalue weighted by atomic mass is 9.64. The van der Waals surface area contributed by atoms with Gasteiger partial charge in [0.1, 0.15) is 0 Å². The van der Waals surface area contributed by atoms with E-state index in [9.17, 15) is 5.11 Å². The topological polar surface area (TPSA) is 46.2 Å². The molecule has 0 aromatic rings. The Morgan fingerprint density at radius 3 is 1.69 bits per heavy atom. The van der Waals surface area contributed by atoms with Crippen molar-refractivity contribution in [1.82, 2.24) is 0 Å². The van der Waals surface area contributed by atoms with Crippen LogP contribution in [0.5, 0.6) is 0 Å². The van der Waals surface area contributed by atoms with Crippen LogP contribution in [0.3, 0.4) is 0 Å². The molecule has 0 heterocycles. The highest BCUT2D eigenvalue weighted by atomic mass is 16.3. The van der Waals surface area contributed by atoms with Crippen LogP contribution in [0.2, 0.25) is 0 Å². The largest absolute Gasteiger partial charge is 0.389 e. The monoisotopic (exact) mass is 225 g/mol. The lowest BCUT2D eigenvalue weighted by molar-refractivity contribution is -0.0888. The molecule has 2 fully saturated rings. The summed E-state index contributed by atoms with van der Waals surface area (Å²) in [6, 6.07) is 0. The van der Waals surface area contributed by atoms with Gasteiger partial charge in [0.25, 0.3) is 0 Å². The zero-order valence-electron chi connectivity index (χ0n) is 10.5. The maximum Gasteiger partial charge on any atom is 0.0715 e. The Hall–Kier alpha value is -0.0800. The SMILES string of the molecule is NCC1(C2(O)CCCC2)CCCCCCC1. The molecule has 0 amide bonds. The van der Waals surface area contributed by atoms with E-state index in [0.717, 1.165) is 25.7 Å². The molecule has 0 aromatic heterocycles. The van der Waals surface area contributed by atoms with Gasteiger partial charge in [-0.05, 0) is 25.7 Å². The zero-order valence-corrected chi connectivity index (χ0v) is 10.5. The first-order chi connectivity index (χ1) is 7.72. The van der Waals surface area contributed by atoms with Crippen LogP contribution >= 0.6 is 0 Å². The molecule has 2 aliphatic rings. The second-order valence-corrected chi connectivity index (χ2v) is 5.99. The molecule has 2 heteroatoms. The first-order valence-electron chi connectivity index (χ1n) is 7.15. The molecule has 0 atom stereocenters. The Kier molecular flexibility index (Phi) is 3.91. The van der Waals surface area contributed by atoms with Gasteiger partial charge >= 0.3 is 0 Å². The van der Waals surface area contributed by atoms with E-state index in [1.165, 1.54) is 44.9 Å². The lowest BCUT2D eigenvalue weighted by Crippen LogP contribution is -2.51. The quantitative estimate of drug-likeness (QED) is 0.759. The predicted octanol–water partition coefficient (Wildman–Crippen LogP) is 2.98. The highest BCUT2D eigenvalue weighted by molar-refractivity contribution is 5.02. The molecule has 0 radical (unpaired) electrons. The van der Waals surface area contributed by atoms with Crippen molar-refractivity contribution < 1.29 is 5.11 Å². The Morgan fingerprint density at radius 1 is 0.750 bits per heavy atom. The fourth-order valence-electron chi connectivity index (χ4n) is 3.93. The van der Waals surface area contributed by atoms with Crippen LogP contribution in [0.25, 0.3) is 0 Å². The van der Waals surface area contributed by atoms with Gasteiger partial charge in [0.2, 0.25) is 0 Å². The molecule has 0 aliphatic heterocycles. The molecule has 0 unspecified atom stereocenters. The van der Waals surface area contributed by atoms with E-state index in [2.05, 4.69) is 0 Å². The molecular formula is C14H27NO. The summed E-state index contributed by atoms with van der Waals surface area (Å²) in [5, 5.41) is 10.9. The summed E-state index contributed by atoms with van der Waals surface area (Å²) in [5.74, 6) is 0. The first kappa shape index (κ1) is 12.4. The highest BCUT2D eigenvalue weighted by Crippen LogP contribution is 2.50. The summed E-state index contributed by atoms with van der Waals surface area (Å²) in [4.78, 5) is 0. The van der Waals surface area contributed by atoms with Gasteiger partial charge < -0.3 is 10.8 Å². The van der Waals surface area contributed by atoms with Crippen molar-refractivity contribution in [2.75, 3.05) is 6.54 Å². The van der Waals surface area contributed by atoms with Crippen molar-refractivity contribution in [2.24, 2.45) is 11.1 Å². The minimum absolute atomic E-state index is 0.0456. The van der Waals surface area contributed by atoms with Crippen molar-refractivity contribution in [3.8, 4) is 0 Å². The van der Waals surface area contributed by atoms with E-state index >= 15 is 0 Å². The number of hydrogen-bond acceptors (Lipinski definition) is 2. The number of rotatable bonds is 2. The normalized spacial score (nSPS) is 29.6. The van der Waals surface area contributed by atoms with Gasteiger partial charge in [-0.15, -0.1) is 0 Å². The molecule has 0 aromatic carbocycles. The average Bonchev–Trinajstić information content (AvgIpc) is 2.67. The standard InChI is InChI=1S/C14H27NO/c15-12-13(14(16)10-6-7-11-14)8-4-2-1-3-5-9-13/h16H,1-12,15H2. The highest BCUT2D eigenvalue weighted by Gasteiger charge is 2.49. The van der Waals surface area contributed by atoms with Crippen molar-refractivity contribution >= 4 is 0 Å². The van der Waals surface area contributed by atoms with E-state index in [1.54, 1.807) is 0 Å². The summed E-state index contributed by atoms with van der Waals surface area (Å²) in [6.45, 7) is 0.684. The molecule has 0 saturated heterocycles. The van der Waals surface area contributed by atoms with Gasteiger partial charge in [0, 0.05) is 12.0 Å². The molecule has 2 aliphatic carbocycles. The first-order valence-corrected chi connectivity index (χ1v) is 7.15. The van der Waals surface area contributed by atoms with E-state index in [-0.39, 0.29) is 5.41 Å². The second kappa shape index (κ2) is 5.05. The number of aliphatic hydroxyl groups is 1. The lowest BCUT2D eigenvalue weighted by Gasteiger charge is -2.46. The van der Waals surface area contributed by atoms with Gasteiger partial charge in [-0.25, -0.2) is 0 Å². The summed E-state index contributed by atoms with van der Waals surface area (Å²) in [5.41, 5.74) is 5.68. The van der Waals surface area contributed by atoms with Gasteiger partial charge in [-0.3, -0.25) is 0 Å². The van der Waals surface area contributed by atoms with E-state index < -0.39 is 5.60 Å². The summed E-state index contributed by atoms with van der Waals surface area (Å²) in [6.07, 6.45) is 13.2. The molecule has 16 heavy (non-hydrogen) atoms. The molecule has 3 N–H and O–H groups in total. The maximum absolute atomic E-state index is 10.9. The third-order valence-electron chi connectivity index (χ3n) is 5.12. The van der Waals surface area contributed by atoms with Gasteiger partial charge in [-0.1, -0.05) is 44.9 Å². The zero-order chi connectivity index (χ0) is 11.5. The number of hydrogen-bond donors (Lipinski definition) is 2. The molecular weight excluding hydrogens is 198 g/mol. The Morgan fingerprint density at radius 2 is 1.19 bits per heavy atom. The second-order valence-electron chi connectivity index (χ2n) is 5.99. The van der Waals surface area contributed by atoms with Crippen LogP contribution in [0.4, 0.5) is 0 Å². The summed E-state index contributed by atoms with van der Waals surface area (Å²) in [7, 11) is 0. The fourth-order valence-corrected chi connectivity index (χ4v) is 3.93. The molecule has 2 rings (SSSR count). The third kappa shape index (κ3) is 2.14. The van der Waals surface area contributed by atoms with Crippen LogP contribution in [0.15, 0.2) is 0 Å². The molecule has 0 spiro atoms. The van der Waals surface area contributed by atoms with Crippen LogP contribution in [-0.2, 0) is 0 Å². The van der Waals surface area contributed by atoms with Crippen LogP contribution in [0.1, 0.15) is 70.6 Å². The van der Waals surface area contributed by atoms with Crippen LogP contribution < -0.4 is 5.73 Å². The minimum Gasteiger partial charge on any atom is -0.389 e. The molecule has 94 valence electrons. The molecule has 0 bridgehead atoms. The maximum atomic E-state index is 10.9. The Bertz CT molecular complexity index is 213. The molecule has 2 saturated carbocycles. The van der Waals surface area contributed by atoms with E-state index in [1.807, 2.05) is 0 Å². The van der Waals surface area contributed by atoms with Crippen molar-refractivity contribution in [2.45, 2.75) is 76.2 Å². The van der Waals surface area contributed by atoms with E-state index in [0.29, 0.717) is 6.54 Å². The van der Waals surface area contributed by atoms with Gasteiger partial charge in [-0.2, -0.15) is 0 Å².